The maximum absolute atomic E-state index is 7.57. The largest absolute Gasteiger partial charge is 0.493 e. The quantitative estimate of drug-likeness (QED) is 0.201. The summed E-state index contributed by atoms with van der Waals surface area (Å²) in [5.41, 5.74) is 5.44. The highest BCUT2D eigenvalue weighted by Crippen LogP contribution is 2.23. The summed E-state index contributed by atoms with van der Waals surface area (Å²) < 4.78 is 7.96. The SMILES string of the molecule is CN/C=C(\C=N)c1ccc(CNc2cc(-c3cnc4cc(OCCCN5CCC5)ccn34)ncn2)cc1. The predicted molar refractivity (Wildman–Crippen MR) is 147 cm³/mol. The van der Waals surface area contributed by atoms with Gasteiger partial charge in [0.1, 0.15) is 23.5 Å². The number of pyridine rings is 1. The van der Waals surface area contributed by atoms with Gasteiger partial charge in [0.25, 0.3) is 0 Å². The number of ether oxygens (including phenoxy) is 1. The highest BCUT2D eigenvalue weighted by Gasteiger charge is 2.13. The topological polar surface area (TPSA) is 103 Å². The molecule has 0 unspecified atom stereocenters. The number of hydrogen-bond acceptors (Lipinski definition) is 8. The molecule has 4 heterocycles. The Kier molecular flexibility index (Phi) is 7.71. The van der Waals surface area contributed by atoms with Crippen molar-refractivity contribution in [3.05, 3.63) is 78.5 Å². The molecule has 4 aromatic rings. The average Bonchev–Trinajstić information content (AvgIpc) is 3.33. The molecule has 0 atom stereocenters. The number of rotatable bonds is 12. The van der Waals surface area contributed by atoms with Gasteiger partial charge in [-0.25, -0.2) is 15.0 Å². The van der Waals surface area contributed by atoms with E-state index in [-0.39, 0.29) is 0 Å². The second-order valence-electron chi connectivity index (χ2n) is 9.00. The van der Waals surface area contributed by atoms with E-state index >= 15 is 0 Å². The van der Waals surface area contributed by atoms with Crippen LogP contribution in [0.15, 0.2) is 67.4 Å². The van der Waals surface area contributed by atoms with Crippen molar-refractivity contribution >= 4 is 23.3 Å². The second kappa shape index (κ2) is 11.7. The zero-order valence-corrected chi connectivity index (χ0v) is 21.0. The Bertz CT molecular complexity index is 1370. The summed E-state index contributed by atoms with van der Waals surface area (Å²) in [4.78, 5) is 15.9. The Morgan fingerprint density at radius 3 is 2.73 bits per heavy atom. The number of nitrogens with zero attached hydrogens (tertiary/aromatic N) is 5. The minimum absolute atomic E-state index is 0.623. The van der Waals surface area contributed by atoms with Crippen LogP contribution in [0, 0.1) is 5.41 Å². The molecule has 1 saturated heterocycles. The Balaban J connectivity index is 1.21. The first-order valence-corrected chi connectivity index (χ1v) is 12.6. The van der Waals surface area contributed by atoms with E-state index in [0.717, 1.165) is 58.3 Å². The van der Waals surface area contributed by atoms with E-state index in [1.165, 1.54) is 25.7 Å². The first-order valence-electron chi connectivity index (χ1n) is 12.6. The summed E-state index contributed by atoms with van der Waals surface area (Å²) in [6.45, 7) is 4.87. The van der Waals surface area contributed by atoms with Crippen LogP contribution in [-0.2, 0) is 6.54 Å². The first kappa shape index (κ1) is 24.5. The van der Waals surface area contributed by atoms with Crippen LogP contribution in [0.25, 0.3) is 22.6 Å². The standard InChI is InChI=1S/C28H32N8O/c1-30-18-23(16-29)22-6-4-21(5-7-22)17-31-27-15-25(33-20-34-27)26-19-32-28-14-24(8-12-36(26)28)37-13-3-11-35-9-2-10-35/h4-8,12,14-16,18-20,29-30H,2-3,9-11,13,17H2,1H3,(H,31,33,34)/b23-18+,29-16?. The van der Waals surface area contributed by atoms with Crippen LogP contribution < -0.4 is 15.4 Å². The molecule has 37 heavy (non-hydrogen) atoms. The van der Waals surface area contributed by atoms with Crippen LogP contribution in [0.1, 0.15) is 24.0 Å². The van der Waals surface area contributed by atoms with Gasteiger partial charge in [-0.3, -0.25) is 4.40 Å². The molecule has 190 valence electrons. The number of allylic oxidation sites excluding steroid dienone is 1. The van der Waals surface area contributed by atoms with Crippen molar-refractivity contribution in [2.24, 2.45) is 0 Å². The lowest BCUT2D eigenvalue weighted by molar-refractivity contribution is 0.165. The first-order chi connectivity index (χ1) is 18.2. The summed E-state index contributed by atoms with van der Waals surface area (Å²) in [6, 6.07) is 14.0. The molecule has 0 aliphatic carbocycles. The van der Waals surface area contributed by atoms with Crippen molar-refractivity contribution in [1.29, 1.82) is 5.41 Å². The molecule has 0 spiro atoms. The molecular weight excluding hydrogens is 464 g/mol. The Morgan fingerprint density at radius 2 is 1.97 bits per heavy atom. The Morgan fingerprint density at radius 1 is 1.11 bits per heavy atom. The van der Waals surface area contributed by atoms with Crippen molar-refractivity contribution < 1.29 is 4.74 Å². The molecule has 9 heteroatoms. The van der Waals surface area contributed by atoms with Crippen LogP contribution in [-0.4, -0.2) is 63.8 Å². The van der Waals surface area contributed by atoms with E-state index in [0.29, 0.717) is 13.2 Å². The van der Waals surface area contributed by atoms with Gasteiger partial charge in [-0.15, -0.1) is 0 Å². The van der Waals surface area contributed by atoms with Crippen molar-refractivity contribution in [1.82, 2.24) is 29.6 Å². The Hall–Kier alpha value is -4.24. The molecule has 3 N–H and O–H groups in total. The zero-order valence-electron chi connectivity index (χ0n) is 21.0. The van der Waals surface area contributed by atoms with Crippen LogP contribution in [0.2, 0.25) is 0 Å². The maximum atomic E-state index is 7.57. The van der Waals surface area contributed by atoms with Crippen LogP contribution in [0.3, 0.4) is 0 Å². The van der Waals surface area contributed by atoms with Gasteiger partial charge in [0.05, 0.1) is 24.2 Å². The number of likely N-dealkylation sites (tertiary alicyclic amines) is 1. The molecule has 0 radical (unpaired) electrons. The molecule has 1 aliphatic heterocycles. The third-order valence-electron chi connectivity index (χ3n) is 6.47. The molecule has 9 nitrogen and oxygen atoms in total. The smallest absolute Gasteiger partial charge is 0.140 e. The third kappa shape index (κ3) is 5.95. The van der Waals surface area contributed by atoms with E-state index in [2.05, 4.69) is 30.5 Å². The lowest BCUT2D eigenvalue weighted by Crippen LogP contribution is -2.38. The van der Waals surface area contributed by atoms with Gasteiger partial charge in [0.15, 0.2) is 0 Å². The summed E-state index contributed by atoms with van der Waals surface area (Å²) >= 11 is 0. The van der Waals surface area contributed by atoms with Crippen molar-refractivity contribution in [3.63, 3.8) is 0 Å². The van der Waals surface area contributed by atoms with Gasteiger partial charge >= 0.3 is 0 Å². The lowest BCUT2D eigenvalue weighted by Gasteiger charge is -2.30. The molecule has 0 saturated carbocycles. The number of hydrogen-bond donors (Lipinski definition) is 3. The fourth-order valence-corrected chi connectivity index (χ4v) is 4.29. The van der Waals surface area contributed by atoms with Gasteiger partial charge < -0.3 is 25.7 Å². The lowest BCUT2D eigenvalue weighted by atomic mass is 10.1. The van der Waals surface area contributed by atoms with Crippen molar-refractivity contribution in [2.75, 3.05) is 38.6 Å². The van der Waals surface area contributed by atoms with E-state index < -0.39 is 0 Å². The highest BCUT2D eigenvalue weighted by molar-refractivity contribution is 6.08. The number of benzene rings is 1. The van der Waals surface area contributed by atoms with E-state index in [1.54, 1.807) is 6.33 Å². The highest BCUT2D eigenvalue weighted by atomic mass is 16.5. The average molecular weight is 497 g/mol. The van der Waals surface area contributed by atoms with Crippen LogP contribution in [0.4, 0.5) is 5.82 Å². The van der Waals surface area contributed by atoms with E-state index in [1.807, 2.05) is 72.5 Å². The van der Waals surface area contributed by atoms with E-state index in [4.69, 9.17) is 10.1 Å². The minimum atomic E-state index is 0.623. The van der Waals surface area contributed by atoms with Gasteiger partial charge in [-0.1, -0.05) is 24.3 Å². The molecule has 0 bridgehead atoms. The molecule has 1 aliphatic rings. The number of fused-ring (bicyclic) bond motifs is 1. The molecule has 0 amide bonds. The molecule has 1 fully saturated rings. The summed E-state index contributed by atoms with van der Waals surface area (Å²) in [6.07, 6.45) is 10.9. The van der Waals surface area contributed by atoms with Crippen LogP contribution >= 0.6 is 0 Å². The number of anilines is 1. The van der Waals surface area contributed by atoms with Gasteiger partial charge in [0.2, 0.25) is 0 Å². The summed E-state index contributed by atoms with van der Waals surface area (Å²) in [7, 11) is 1.83. The van der Waals surface area contributed by atoms with Gasteiger partial charge in [0, 0.05) is 56.5 Å². The minimum Gasteiger partial charge on any atom is -0.493 e. The predicted octanol–water partition coefficient (Wildman–Crippen LogP) is 4.09. The van der Waals surface area contributed by atoms with Gasteiger partial charge in [-0.2, -0.15) is 0 Å². The number of imidazole rings is 1. The van der Waals surface area contributed by atoms with E-state index in [9.17, 15) is 0 Å². The molecule has 3 aromatic heterocycles. The van der Waals surface area contributed by atoms with Crippen LogP contribution in [0.5, 0.6) is 5.75 Å². The molecular formula is C28H32N8O. The number of aromatic nitrogens is 4. The summed E-state index contributed by atoms with van der Waals surface area (Å²) in [5.74, 6) is 1.57. The van der Waals surface area contributed by atoms with Gasteiger partial charge in [-0.05, 0) is 43.1 Å². The fraction of sp³-hybridized carbons (Fsp3) is 0.286. The Labute approximate surface area is 216 Å². The fourth-order valence-electron chi connectivity index (χ4n) is 4.29. The summed E-state index contributed by atoms with van der Waals surface area (Å²) in [5, 5.41) is 13.9. The molecule has 1 aromatic carbocycles. The normalized spacial score (nSPS) is 13.8. The third-order valence-corrected chi connectivity index (χ3v) is 6.47. The molecule has 5 rings (SSSR count). The van der Waals surface area contributed by atoms with Crippen molar-refractivity contribution in [3.8, 4) is 17.1 Å². The monoisotopic (exact) mass is 496 g/mol. The van der Waals surface area contributed by atoms with Crippen molar-refractivity contribution in [2.45, 2.75) is 19.4 Å². The second-order valence-corrected chi connectivity index (χ2v) is 9.00. The zero-order chi connectivity index (χ0) is 25.5. The maximum Gasteiger partial charge on any atom is 0.140 e. The number of nitrogens with one attached hydrogen (secondary N) is 3.